The second-order valence-corrected chi connectivity index (χ2v) is 7.39. The highest BCUT2D eigenvalue weighted by molar-refractivity contribution is 6.52. The van der Waals surface area contributed by atoms with Crippen molar-refractivity contribution in [2.45, 2.75) is 37.8 Å². The van der Waals surface area contributed by atoms with Crippen LogP contribution in [0.5, 0.6) is 5.75 Å². The van der Waals surface area contributed by atoms with Crippen LogP contribution in [0.4, 0.5) is 0 Å². The van der Waals surface area contributed by atoms with Gasteiger partial charge in [0.05, 0.1) is 12.2 Å². The van der Waals surface area contributed by atoms with Crippen LogP contribution in [0.3, 0.4) is 0 Å². The van der Waals surface area contributed by atoms with Crippen molar-refractivity contribution in [2.75, 3.05) is 6.54 Å². The first-order valence-electron chi connectivity index (χ1n) is 9.25. The molecule has 3 aliphatic rings. The molecule has 1 aliphatic carbocycles. The van der Waals surface area contributed by atoms with Crippen molar-refractivity contribution in [1.82, 2.24) is 20.6 Å². The third-order valence-corrected chi connectivity index (χ3v) is 5.71. The average Bonchev–Trinajstić information content (AvgIpc) is 3.27. The molecule has 1 atom stereocenters. The van der Waals surface area contributed by atoms with Crippen LogP contribution in [-0.2, 0) is 4.79 Å². The smallest absolute Gasteiger partial charge is 0.531 e. The van der Waals surface area contributed by atoms with E-state index in [4.69, 9.17) is 4.65 Å². The fourth-order valence-electron chi connectivity index (χ4n) is 4.32. The fraction of sp³-hybridized carbons (Fsp3) is 0.444. The molecule has 5 rings (SSSR count). The van der Waals surface area contributed by atoms with Crippen molar-refractivity contribution in [3.63, 3.8) is 0 Å². The molecule has 1 saturated heterocycles. The molecule has 2 aromatic heterocycles. The second kappa shape index (κ2) is 6.14. The molecule has 0 aromatic carbocycles. The van der Waals surface area contributed by atoms with E-state index in [2.05, 4.69) is 20.6 Å². The number of hydrogen-bond acceptors (Lipinski definition) is 5. The first-order valence-corrected chi connectivity index (χ1v) is 9.25. The maximum absolute atomic E-state index is 12.3. The van der Waals surface area contributed by atoms with E-state index >= 15 is 0 Å². The fourth-order valence-corrected chi connectivity index (χ4v) is 4.32. The monoisotopic (exact) mass is 352 g/mol. The van der Waals surface area contributed by atoms with Gasteiger partial charge in [0.2, 0.25) is 5.91 Å². The molecule has 0 unspecified atom stereocenters. The molecule has 4 heterocycles. The van der Waals surface area contributed by atoms with Gasteiger partial charge >= 0.3 is 7.12 Å². The van der Waals surface area contributed by atoms with Crippen LogP contribution in [0, 0.1) is 5.92 Å². The number of carbonyl (C=O) groups excluding carboxylic acids is 1. The Labute approximate surface area is 151 Å². The summed E-state index contributed by atoms with van der Waals surface area (Å²) in [5, 5.41) is 17.5. The number of amides is 1. The Balaban J connectivity index is 1.34. The Morgan fingerprint density at radius 3 is 3.12 bits per heavy atom. The zero-order valence-corrected chi connectivity index (χ0v) is 14.4. The Kier molecular flexibility index (Phi) is 3.75. The lowest BCUT2D eigenvalue weighted by molar-refractivity contribution is -0.124. The van der Waals surface area contributed by atoms with Crippen LogP contribution >= 0.6 is 0 Å². The number of hydrogen-bond donors (Lipinski definition) is 4. The number of aromatic nitrogens is 2. The van der Waals surface area contributed by atoms with Gasteiger partial charge in [-0.05, 0) is 55.8 Å². The summed E-state index contributed by atoms with van der Waals surface area (Å²) in [4.78, 5) is 19.7. The highest BCUT2D eigenvalue weighted by Gasteiger charge is 2.38. The first kappa shape index (κ1) is 15.9. The van der Waals surface area contributed by atoms with Crippen LogP contribution in [0.2, 0.25) is 0 Å². The van der Waals surface area contributed by atoms with Crippen molar-refractivity contribution in [3.8, 4) is 5.75 Å². The predicted molar refractivity (Wildman–Crippen MR) is 98.4 cm³/mol. The molecule has 7 nitrogen and oxygen atoms in total. The average molecular weight is 352 g/mol. The number of H-pyrrole nitrogens is 1. The molecular formula is C18H21BN4O3. The molecule has 1 amide bonds. The van der Waals surface area contributed by atoms with E-state index in [0.717, 1.165) is 54.4 Å². The van der Waals surface area contributed by atoms with E-state index < -0.39 is 7.12 Å². The van der Waals surface area contributed by atoms with Gasteiger partial charge in [0.15, 0.2) is 0 Å². The summed E-state index contributed by atoms with van der Waals surface area (Å²) >= 11 is 0. The van der Waals surface area contributed by atoms with Crippen LogP contribution in [0.15, 0.2) is 24.4 Å². The maximum atomic E-state index is 12.3. The SMILES string of the molecule is O=C(N[C@H]1C[C@@H](C2=CB(O)Oc3cnc4[nH]ccc4c32)C1)[C@H]1CCCN1. The molecule has 2 aromatic rings. The summed E-state index contributed by atoms with van der Waals surface area (Å²) in [6.07, 6.45) is 7.26. The number of nitrogens with zero attached hydrogens (tertiary/aromatic N) is 1. The van der Waals surface area contributed by atoms with Gasteiger partial charge in [0.25, 0.3) is 0 Å². The van der Waals surface area contributed by atoms with Crippen molar-refractivity contribution in [1.29, 1.82) is 0 Å². The molecule has 0 spiro atoms. The summed E-state index contributed by atoms with van der Waals surface area (Å²) in [5.74, 6) is 2.82. The van der Waals surface area contributed by atoms with Crippen molar-refractivity contribution in [2.24, 2.45) is 5.92 Å². The molecule has 2 aliphatic heterocycles. The van der Waals surface area contributed by atoms with E-state index in [1.165, 1.54) is 0 Å². The lowest BCUT2D eigenvalue weighted by atomic mass is 9.68. The number of fused-ring (bicyclic) bond motifs is 3. The lowest BCUT2D eigenvalue weighted by Crippen LogP contribution is -2.50. The van der Waals surface area contributed by atoms with Crippen molar-refractivity contribution >= 4 is 29.6 Å². The van der Waals surface area contributed by atoms with Gasteiger partial charge in [-0.15, -0.1) is 0 Å². The highest BCUT2D eigenvalue weighted by atomic mass is 16.5. The minimum Gasteiger partial charge on any atom is -0.531 e. The molecule has 26 heavy (non-hydrogen) atoms. The molecule has 134 valence electrons. The van der Waals surface area contributed by atoms with E-state index in [9.17, 15) is 9.82 Å². The Morgan fingerprint density at radius 1 is 1.42 bits per heavy atom. The summed E-state index contributed by atoms with van der Waals surface area (Å²) in [6.45, 7) is 0.924. The minimum absolute atomic E-state index is 0.0375. The van der Waals surface area contributed by atoms with E-state index in [-0.39, 0.29) is 18.0 Å². The van der Waals surface area contributed by atoms with E-state index in [0.29, 0.717) is 11.7 Å². The van der Waals surface area contributed by atoms with Crippen molar-refractivity contribution in [3.05, 3.63) is 30.0 Å². The number of allylic oxidation sites excluding steroid dienone is 1. The van der Waals surface area contributed by atoms with Crippen LogP contribution < -0.4 is 15.3 Å². The number of rotatable bonds is 3. The zero-order valence-electron chi connectivity index (χ0n) is 14.4. The third-order valence-electron chi connectivity index (χ3n) is 5.71. The largest absolute Gasteiger partial charge is 0.552 e. The van der Waals surface area contributed by atoms with Gasteiger partial charge in [-0.2, -0.15) is 0 Å². The second-order valence-electron chi connectivity index (χ2n) is 7.39. The highest BCUT2D eigenvalue weighted by Crippen LogP contribution is 2.45. The summed E-state index contributed by atoms with van der Waals surface area (Å²) in [5.41, 5.74) is 2.91. The van der Waals surface area contributed by atoms with Crippen LogP contribution in [0.25, 0.3) is 16.6 Å². The Morgan fingerprint density at radius 2 is 2.31 bits per heavy atom. The predicted octanol–water partition coefficient (Wildman–Crippen LogP) is 1.01. The summed E-state index contributed by atoms with van der Waals surface area (Å²) in [6, 6.07) is 2.15. The third kappa shape index (κ3) is 2.60. The quantitative estimate of drug-likeness (QED) is 0.618. The molecular weight excluding hydrogens is 331 g/mol. The topological polar surface area (TPSA) is 99.3 Å². The maximum Gasteiger partial charge on any atom is 0.552 e. The number of aromatic amines is 1. The zero-order chi connectivity index (χ0) is 17.7. The Hall–Kier alpha value is -2.32. The molecule has 1 saturated carbocycles. The normalized spacial score (nSPS) is 27.5. The summed E-state index contributed by atoms with van der Waals surface area (Å²) < 4.78 is 5.54. The molecule has 0 bridgehead atoms. The van der Waals surface area contributed by atoms with Crippen LogP contribution in [0.1, 0.15) is 31.2 Å². The van der Waals surface area contributed by atoms with Crippen molar-refractivity contribution < 1.29 is 14.5 Å². The van der Waals surface area contributed by atoms with Gasteiger partial charge in [0, 0.05) is 23.2 Å². The Bertz CT molecular complexity index is 884. The van der Waals surface area contributed by atoms with Gasteiger partial charge in [-0.1, -0.05) is 0 Å². The molecule has 0 radical (unpaired) electrons. The van der Waals surface area contributed by atoms with Gasteiger partial charge in [0.1, 0.15) is 11.4 Å². The van der Waals surface area contributed by atoms with Gasteiger partial charge in [-0.25, -0.2) is 4.98 Å². The van der Waals surface area contributed by atoms with E-state index in [1.807, 2.05) is 12.3 Å². The number of nitrogens with one attached hydrogen (secondary N) is 3. The standard InChI is InChI=1S/C18H21BN4O3/c24-18(14-2-1-4-20-14)23-11-6-10(7-11)13-8-19(25)26-15-9-22-17-12(16(13)15)3-5-21-17/h3,5,8-11,14,20,25H,1-2,4,6-7H2,(H,21,22)(H,23,24)/t10-,11+,14-/m1/s1. The van der Waals surface area contributed by atoms with Gasteiger partial charge < -0.3 is 25.3 Å². The van der Waals surface area contributed by atoms with E-state index in [1.54, 1.807) is 12.2 Å². The number of carbonyl (C=O) groups is 1. The van der Waals surface area contributed by atoms with Gasteiger partial charge in [-0.3, -0.25) is 4.79 Å². The van der Waals surface area contributed by atoms with Crippen LogP contribution in [-0.4, -0.2) is 46.6 Å². The lowest BCUT2D eigenvalue weighted by Gasteiger charge is -2.39. The number of pyridine rings is 1. The molecule has 2 fully saturated rings. The first-order chi connectivity index (χ1) is 12.7. The molecule has 8 heteroatoms. The summed E-state index contributed by atoms with van der Waals surface area (Å²) in [7, 11) is -0.952. The minimum atomic E-state index is -0.952. The molecule has 4 N–H and O–H groups in total.